The van der Waals surface area contributed by atoms with Crippen molar-refractivity contribution in [3.8, 4) is 0 Å². The van der Waals surface area contributed by atoms with Crippen LogP contribution in [0.25, 0.3) is 0 Å². The van der Waals surface area contributed by atoms with Gasteiger partial charge in [0.25, 0.3) is 0 Å². The maximum Gasteiger partial charge on any atom is 0.230 e. The molecule has 0 spiro atoms. The van der Waals surface area contributed by atoms with E-state index in [9.17, 15) is 9.90 Å². The van der Waals surface area contributed by atoms with E-state index in [2.05, 4.69) is 0 Å². The number of nitrogens with zero attached hydrogens (tertiary/aromatic N) is 1. The van der Waals surface area contributed by atoms with E-state index in [1.54, 1.807) is 0 Å². The second-order valence-electron chi connectivity index (χ2n) is 5.96. The number of rotatable bonds is 5. The monoisotopic (exact) mass is 239 g/mol. The fourth-order valence-electron chi connectivity index (χ4n) is 3.22. The zero-order valence-corrected chi connectivity index (χ0v) is 11.0. The smallest absolute Gasteiger partial charge is 0.230 e. The lowest BCUT2D eigenvalue weighted by atomic mass is 9.68. The topological polar surface area (TPSA) is 40.5 Å². The van der Waals surface area contributed by atoms with Gasteiger partial charge in [-0.3, -0.25) is 4.79 Å². The Morgan fingerprint density at radius 1 is 1.29 bits per heavy atom. The lowest BCUT2D eigenvalue weighted by molar-refractivity contribution is -0.149. The molecular formula is C14H25NO2. The molecule has 1 N–H and O–H groups in total. The highest BCUT2D eigenvalue weighted by atomic mass is 16.3. The van der Waals surface area contributed by atoms with Crippen LogP contribution in [-0.4, -0.2) is 36.1 Å². The Morgan fingerprint density at radius 2 is 1.94 bits per heavy atom. The van der Waals surface area contributed by atoms with Crippen LogP contribution in [0.5, 0.6) is 0 Å². The summed E-state index contributed by atoms with van der Waals surface area (Å²) in [7, 11) is 1.90. The molecule has 0 aromatic rings. The molecule has 2 fully saturated rings. The van der Waals surface area contributed by atoms with Crippen molar-refractivity contribution in [1.29, 1.82) is 0 Å². The minimum absolute atomic E-state index is 0.0274. The molecule has 0 saturated heterocycles. The molecule has 0 heterocycles. The molecule has 3 heteroatoms. The molecule has 1 amide bonds. The summed E-state index contributed by atoms with van der Waals surface area (Å²) in [5.74, 6) is 1.00. The predicted octanol–water partition coefficient (Wildman–Crippen LogP) is 2.19. The number of aliphatic hydroxyl groups excluding tert-OH is 1. The van der Waals surface area contributed by atoms with Gasteiger partial charge in [-0.2, -0.15) is 0 Å². The maximum atomic E-state index is 12.2. The SMILES string of the molecule is CN(CCC1CCCC1)C(=O)C1(CO)CCC1. The highest BCUT2D eigenvalue weighted by Gasteiger charge is 2.44. The summed E-state index contributed by atoms with van der Waals surface area (Å²) >= 11 is 0. The zero-order chi connectivity index (χ0) is 12.3. The van der Waals surface area contributed by atoms with Crippen LogP contribution in [0.4, 0.5) is 0 Å². The van der Waals surface area contributed by atoms with Crippen LogP contribution in [0, 0.1) is 11.3 Å². The van der Waals surface area contributed by atoms with Gasteiger partial charge in [0.1, 0.15) is 0 Å². The Balaban J connectivity index is 1.78. The second kappa shape index (κ2) is 5.38. The number of amides is 1. The van der Waals surface area contributed by atoms with Crippen molar-refractivity contribution in [1.82, 2.24) is 4.90 Å². The number of hydrogen-bond donors (Lipinski definition) is 1. The summed E-state index contributed by atoms with van der Waals surface area (Å²) in [6.07, 6.45) is 9.38. The third-order valence-corrected chi connectivity index (χ3v) is 4.76. The summed E-state index contributed by atoms with van der Waals surface area (Å²) in [6, 6.07) is 0. The second-order valence-corrected chi connectivity index (χ2v) is 5.96. The van der Waals surface area contributed by atoms with E-state index < -0.39 is 5.41 Å². The van der Waals surface area contributed by atoms with Crippen LogP contribution in [-0.2, 0) is 4.79 Å². The van der Waals surface area contributed by atoms with Gasteiger partial charge in [-0.05, 0) is 25.2 Å². The fourth-order valence-corrected chi connectivity index (χ4v) is 3.22. The van der Waals surface area contributed by atoms with Gasteiger partial charge in [-0.15, -0.1) is 0 Å². The van der Waals surface area contributed by atoms with Gasteiger partial charge >= 0.3 is 0 Å². The Bertz CT molecular complexity index is 262. The lowest BCUT2D eigenvalue weighted by Crippen LogP contribution is -2.49. The van der Waals surface area contributed by atoms with Gasteiger partial charge in [0.15, 0.2) is 0 Å². The van der Waals surface area contributed by atoms with Crippen LogP contribution < -0.4 is 0 Å². The molecule has 0 aliphatic heterocycles. The molecule has 2 aliphatic rings. The number of hydrogen-bond acceptors (Lipinski definition) is 2. The molecule has 2 rings (SSSR count). The van der Waals surface area contributed by atoms with E-state index in [0.29, 0.717) is 0 Å². The predicted molar refractivity (Wildman–Crippen MR) is 67.6 cm³/mol. The summed E-state index contributed by atoms with van der Waals surface area (Å²) in [5, 5.41) is 9.39. The first-order valence-electron chi connectivity index (χ1n) is 7.04. The Hall–Kier alpha value is -0.570. The number of aliphatic hydroxyl groups is 1. The number of carbonyl (C=O) groups excluding carboxylic acids is 1. The zero-order valence-electron chi connectivity index (χ0n) is 11.0. The molecule has 0 unspecified atom stereocenters. The van der Waals surface area contributed by atoms with Crippen LogP contribution in [0.1, 0.15) is 51.4 Å². The van der Waals surface area contributed by atoms with E-state index in [1.807, 2.05) is 11.9 Å². The highest BCUT2D eigenvalue weighted by molar-refractivity contribution is 5.83. The van der Waals surface area contributed by atoms with E-state index >= 15 is 0 Å². The Labute approximate surface area is 104 Å². The van der Waals surface area contributed by atoms with E-state index in [1.165, 1.54) is 25.7 Å². The molecular weight excluding hydrogens is 214 g/mol. The standard InChI is InChI=1S/C14H25NO2/c1-15(10-7-12-5-2-3-6-12)13(17)14(11-16)8-4-9-14/h12,16H,2-11H2,1H3. The third kappa shape index (κ3) is 2.65. The Morgan fingerprint density at radius 3 is 2.41 bits per heavy atom. The largest absolute Gasteiger partial charge is 0.395 e. The number of carbonyl (C=O) groups is 1. The minimum atomic E-state index is -0.412. The van der Waals surface area contributed by atoms with Gasteiger partial charge in [0.2, 0.25) is 5.91 Å². The van der Waals surface area contributed by atoms with Crippen molar-refractivity contribution in [2.24, 2.45) is 11.3 Å². The summed E-state index contributed by atoms with van der Waals surface area (Å²) in [6.45, 7) is 0.894. The van der Waals surface area contributed by atoms with Crippen LogP contribution in [0.3, 0.4) is 0 Å². The van der Waals surface area contributed by atoms with Crippen molar-refractivity contribution in [2.45, 2.75) is 51.4 Å². The maximum absolute atomic E-state index is 12.2. The Kier molecular flexibility index (Phi) is 4.08. The van der Waals surface area contributed by atoms with Crippen molar-refractivity contribution in [3.05, 3.63) is 0 Å². The average molecular weight is 239 g/mol. The average Bonchev–Trinajstić information content (AvgIpc) is 2.77. The minimum Gasteiger partial charge on any atom is -0.395 e. The van der Waals surface area contributed by atoms with Gasteiger partial charge < -0.3 is 10.0 Å². The first-order chi connectivity index (χ1) is 8.18. The van der Waals surface area contributed by atoms with Crippen LogP contribution in [0.2, 0.25) is 0 Å². The molecule has 0 radical (unpaired) electrons. The van der Waals surface area contributed by atoms with Crippen LogP contribution >= 0.6 is 0 Å². The molecule has 98 valence electrons. The quantitative estimate of drug-likeness (QED) is 0.799. The normalized spacial score (nSPS) is 23.4. The highest BCUT2D eigenvalue weighted by Crippen LogP contribution is 2.42. The molecule has 0 aromatic heterocycles. The van der Waals surface area contributed by atoms with Crippen molar-refractivity contribution in [2.75, 3.05) is 20.2 Å². The van der Waals surface area contributed by atoms with E-state index in [-0.39, 0.29) is 12.5 Å². The molecule has 17 heavy (non-hydrogen) atoms. The third-order valence-electron chi connectivity index (χ3n) is 4.76. The first-order valence-corrected chi connectivity index (χ1v) is 7.04. The summed E-state index contributed by atoms with van der Waals surface area (Å²) in [4.78, 5) is 14.1. The molecule has 2 aliphatic carbocycles. The lowest BCUT2D eigenvalue weighted by Gasteiger charge is -2.41. The molecule has 0 aromatic carbocycles. The van der Waals surface area contributed by atoms with Crippen molar-refractivity contribution in [3.63, 3.8) is 0 Å². The molecule has 2 saturated carbocycles. The van der Waals surface area contributed by atoms with Gasteiger partial charge in [0, 0.05) is 13.6 Å². The van der Waals surface area contributed by atoms with Crippen molar-refractivity contribution < 1.29 is 9.90 Å². The fraction of sp³-hybridized carbons (Fsp3) is 0.929. The first kappa shape index (κ1) is 12.9. The molecule has 0 atom stereocenters. The van der Waals surface area contributed by atoms with Gasteiger partial charge in [0.05, 0.1) is 12.0 Å². The summed E-state index contributed by atoms with van der Waals surface area (Å²) < 4.78 is 0. The van der Waals surface area contributed by atoms with Gasteiger partial charge in [-0.25, -0.2) is 0 Å². The van der Waals surface area contributed by atoms with Gasteiger partial charge in [-0.1, -0.05) is 32.1 Å². The van der Waals surface area contributed by atoms with Crippen molar-refractivity contribution >= 4 is 5.91 Å². The summed E-state index contributed by atoms with van der Waals surface area (Å²) in [5.41, 5.74) is -0.412. The van der Waals surface area contributed by atoms with E-state index in [0.717, 1.165) is 38.1 Å². The molecule has 0 bridgehead atoms. The van der Waals surface area contributed by atoms with Crippen LogP contribution in [0.15, 0.2) is 0 Å². The molecule has 3 nitrogen and oxygen atoms in total. The van der Waals surface area contributed by atoms with E-state index in [4.69, 9.17) is 0 Å².